The van der Waals surface area contributed by atoms with Gasteiger partial charge in [-0.1, -0.05) is 33.1 Å². The Labute approximate surface area is 137 Å². The van der Waals surface area contributed by atoms with Crippen LogP contribution in [0.2, 0.25) is 0 Å². The minimum atomic E-state index is 0.589. The minimum Gasteiger partial charge on any atom is -0.357 e. The smallest absolute Gasteiger partial charge is 0.191 e. The molecule has 0 saturated carbocycles. The molecule has 0 amide bonds. The Bertz CT molecular complexity index is 337. The lowest BCUT2D eigenvalue weighted by Crippen LogP contribution is -2.56. The van der Waals surface area contributed by atoms with Crippen molar-refractivity contribution in [1.29, 1.82) is 0 Å². The molecule has 2 N–H and O–H groups in total. The average Bonchev–Trinajstić information content (AvgIpc) is 2.49. The lowest BCUT2D eigenvalue weighted by Gasteiger charge is -2.47. The number of aliphatic imine (C=N–C) groups is 1. The minimum absolute atomic E-state index is 0.589. The van der Waals surface area contributed by atoms with Crippen LogP contribution < -0.4 is 10.6 Å². The highest BCUT2D eigenvalue weighted by Gasteiger charge is 2.36. The van der Waals surface area contributed by atoms with Crippen LogP contribution in [0.3, 0.4) is 0 Å². The van der Waals surface area contributed by atoms with Crippen molar-refractivity contribution in [3.63, 3.8) is 0 Å². The van der Waals surface area contributed by atoms with Gasteiger partial charge in [0.15, 0.2) is 5.96 Å². The van der Waals surface area contributed by atoms with Crippen LogP contribution in [-0.4, -0.2) is 49.1 Å². The first kappa shape index (κ1) is 17.6. The van der Waals surface area contributed by atoms with E-state index in [-0.39, 0.29) is 0 Å². The van der Waals surface area contributed by atoms with Gasteiger partial charge in [-0.2, -0.15) is 0 Å². The maximum absolute atomic E-state index is 4.84. The van der Waals surface area contributed by atoms with Crippen LogP contribution in [0.4, 0.5) is 0 Å². The van der Waals surface area contributed by atoms with Gasteiger partial charge in [-0.05, 0) is 45.6 Å². The topological polar surface area (TPSA) is 39.7 Å². The van der Waals surface area contributed by atoms with Crippen molar-refractivity contribution in [2.75, 3.05) is 20.1 Å². The third kappa shape index (κ3) is 4.61. The molecule has 0 aliphatic carbocycles. The molecule has 2 bridgehead atoms. The second-order valence-corrected chi connectivity index (χ2v) is 7.12. The van der Waals surface area contributed by atoms with E-state index in [1.54, 1.807) is 0 Å². The van der Waals surface area contributed by atoms with E-state index in [2.05, 4.69) is 43.4 Å². The van der Waals surface area contributed by atoms with Crippen LogP contribution in [0.5, 0.6) is 0 Å². The van der Waals surface area contributed by atoms with Crippen LogP contribution in [0, 0.1) is 5.92 Å². The van der Waals surface area contributed by atoms with Crippen LogP contribution in [0.25, 0.3) is 0 Å². The molecule has 0 aromatic rings. The summed E-state index contributed by atoms with van der Waals surface area (Å²) < 4.78 is 0. The van der Waals surface area contributed by atoms with Gasteiger partial charge in [-0.15, -0.1) is 0 Å². The molecule has 2 aliphatic heterocycles. The molecule has 2 unspecified atom stereocenters. The Balaban J connectivity index is 1.91. The molecule has 22 heavy (non-hydrogen) atoms. The highest BCUT2D eigenvalue weighted by atomic mass is 15.2. The fourth-order valence-corrected chi connectivity index (χ4v) is 4.01. The maximum atomic E-state index is 4.84. The van der Waals surface area contributed by atoms with Gasteiger partial charge in [-0.3, -0.25) is 4.99 Å². The van der Waals surface area contributed by atoms with Crippen LogP contribution in [0.15, 0.2) is 4.99 Å². The van der Waals surface area contributed by atoms with Gasteiger partial charge >= 0.3 is 0 Å². The predicted octanol–water partition coefficient (Wildman–Crippen LogP) is 2.99. The zero-order valence-electron chi connectivity index (χ0n) is 15.1. The molecule has 128 valence electrons. The van der Waals surface area contributed by atoms with Crippen LogP contribution in [-0.2, 0) is 0 Å². The predicted molar refractivity (Wildman–Crippen MR) is 95.4 cm³/mol. The van der Waals surface area contributed by atoms with E-state index in [4.69, 9.17) is 4.99 Å². The van der Waals surface area contributed by atoms with Gasteiger partial charge in [0, 0.05) is 31.2 Å². The molecular formula is C18H36N4. The fraction of sp³-hybridized carbons (Fsp3) is 0.944. The van der Waals surface area contributed by atoms with Gasteiger partial charge in [0.2, 0.25) is 0 Å². The average molecular weight is 309 g/mol. The van der Waals surface area contributed by atoms with Crippen molar-refractivity contribution in [3.8, 4) is 0 Å². The van der Waals surface area contributed by atoms with Crippen LogP contribution in [0.1, 0.15) is 65.7 Å². The number of guanidine groups is 1. The Morgan fingerprint density at radius 1 is 1.14 bits per heavy atom. The first-order valence-electron chi connectivity index (χ1n) is 9.44. The molecule has 2 heterocycles. The van der Waals surface area contributed by atoms with E-state index in [1.807, 2.05) is 0 Å². The van der Waals surface area contributed by atoms with E-state index >= 15 is 0 Å². The van der Waals surface area contributed by atoms with Crippen molar-refractivity contribution in [3.05, 3.63) is 0 Å². The van der Waals surface area contributed by atoms with Gasteiger partial charge < -0.3 is 15.5 Å². The number of hydrogen-bond acceptors (Lipinski definition) is 2. The monoisotopic (exact) mass is 308 g/mol. The Morgan fingerprint density at radius 3 is 2.32 bits per heavy atom. The van der Waals surface area contributed by atoms with Crippen LogP contribution >= 0.6 is 0 Å². The number of nitrogens with one attached hydrogen (secondary N) is 2. The second-order valence-electron chi connectivity index (χ2n) is 7.12. The third-order valence-corrected chi connectivity index (χ3v) is 5.69. The standard InChI is InChI=1S/C18H36N4/c1-5-14(6-2)13-20-18(19-7-3)21-15-11-16-9-8-10-17(12-15)22(16)4/h14-17H,5-13H2,1-4H3,(H2,19,20,21). The summed E-state index contributed by atoms with van der Waals surface area (Å²) in [5.74, 6) is 1.74. The van der Waals surface area contributed by atoms with E-state index in [1.165, 1.54) is 44.9 Å². The van der Waals surface area contributed by atoms with E-state index in [0.717, 1.165) is 31.1 Å². The van der Waals surface area contributed by atoms with Crippen molar-refractivity contribution in [1.82, 2.24) is 15.5 Å². The lowest BCUT2D eigenvalue weighted by molar-refractivity contribution is 0.0526. The van der Waals surface area contributed by atoms with E-state index < -0.39 is 0 Å². The second kappa shape index (κ2) is 8.76. The molecule has 2 atom stereocenters. The quantitative estimate of drug-likeness (QED) is 0.585. The fourth-order valence-electron chi connectivity index (χ4n) is 4.01. The molecule has 0 radical (unpaired) electrons. The number of nitrogens with zero attached hydrogens (tertiary/aromatic N) is 2. The van der Waals surface area contributed by atoms with E-state index in [9.17, 15) is 0 Å². The molecule has 4 nitrogen and oxygen atoms in total. The van der Waals surface area contributed by atoms with Crippen molar-refractivity contribution < 1.29 is 0 Å². The molecular weight excluding hydrogens is 272 g/mol. The molecule has 0 aromatic heterocycles. The van der Waals surface area contributed by atoms with Gasteiger partial charge in [0.25, 0.3) is 0 Å². The molecule has 4 heteroatoms. The highest BCUT2D eigenvalue weighted by molar-refractivity contribution is 5.80. The Morgan fingerprint density at radius 2 is 1.77 bits per heavy atom. The van der Waals surface area contributed by atoms with Gasteiger partial charge in [-0.25, -0.2) is 0 Å². The summed E-state index contributed by atoms with van der Waals surface area (Å²) in [4.78, 5) is 7.46. The Hall–Kier alpha value is -0.770. The summed E-state index contributed by atoms with van der Waals surface area (Å²) >= 11 is 0. The molecule has 0 aromatic carbocycles. The number of hydrogen-bond donors (Lipinski definition) is 2. The van der Waals surface area contributed by atoms with Crippen molar-refractivity contribution in [2.24, 2.45) is 10.9 Å². The first-order valence-corrected chi connectivity index (χ1v) is 9.44. The maximum Gasteiger partial charge on any atom is 0.191 e. The number of piperidine rings is 2. The molecule has 2 aliphatic rings. The summed E-state index contributed by atoms with van der Waals surface area (Å²) in [5.41, 5.74) is 0. The molecule has 2 rings (SSSR count). The molecule has 2 fully saturated rings. The SMILES string of the molecule is CCNC(=NCC(CC)CC)NC1CC2CCCC(C1)N2C. The zero-order chi connectivity index (χ0) is 15.9. The summed E-state index contributed by atoms with van der Waals surface area (Å²) in [7, 11) is 2.32. The third-order valence-electron chi connectivity index (χ3n) is 5.69. The normalized spacial score (nSPS) is 29.7. The number of fused-ring (bicyclic) bond motifs is 2. The van der Waals surface area contributed by atoms with Gasteiger partial charge in [0.05, 0.1) is 0 Å². The molecule has 0 spiro atoms. The summed E-state index contributed by atoms with van der Waals surface area (Å²) in [6.45, 7) is 8.57. The molecule has 2 saturated heterocycles. The van der Waals surface area contributed by atoms with Crippen molar-refractivity contribution in [2.45, 2.75) is 83.8 Å². The summed E-state index contributed by atoms with van der Waals surface area (Å²) in [6, 6.07) is 2.13. The Kier molecular flexibility index (Phi) is 7.00. The summed E-state index contributed by atoms with van der Waals surface area (Å²) in [5, 5.41) is 7.16. The largest absolute Gasteiger partial charge is 0.357 e. The lowest BCUT2D eigenvalue weighted by atomic mass is 9.82. The summed E-state index contributed by atoms with van der Waals surface area (Å²) in [6.07, 6.45) is 9.12. The highest BCUT2D eigenvalue weighted by Crippen LogP contribution is 2.32. The first-order chi connectivity index (χ1) is 10.7. The number of rotatable bonds is 6. The van der Waals surface area contributed by atoms with E-state index in [0.29, 0.717) is 12.0 Å². The van der Waals surface area contributed by atoms with Crippen molar-refractivity contribution >= 4 is 5.96 Å². The van der Waals surface area contributed by atoms with Gasteiger partial charge in [0.1, 0.15) is 0 Å². The zero-order valence-corrected chi connectivity index (χ0v) is 15.1.